The third kappa shape index (κ3) is 3.52. The lowest BCUT2D eigenvalue weighted by Crippen LogP contribution is -2.38. The maximum atomic E-state index is 12.8. The van der Waals surface area contributed by atoms with Crippen LogP contribution in [-0.4, -0.2) is 32.3 Å². The average molecular weight is 398 g/mol. The summed E-state index contributed by atoms with van der Waals surface area (Å²) >= 11 is 0. The summed E-state index contributed by atoms with van der Waals surface area (Å²) < 4.78 is 7.40. The van der Waals surface area contributed by atoms with E-state index >= 15 is 0 Å². The number of amides is 1. The van der Waals surface area contributed by atoms with Crippen LogP contribution in [0.15, 0.2) is 83.6 Å². The summed E-state index contributed by atoms with van der Waals surface area (Å²) in [5.41, 5.74) is 4.21. The van der Waals surface area contributed by atoms with Crippen LogP contribution in [0.4, 0.5) is 0 Å². The van der Waals surface area contributed by atoms with Crippen LogP contribution in [0.5, 0.6) is 0 Å². The highest BCUT2D eigenvalue weighted by Crippen LogP contribution is 2.36. The quantitative estimate of drug-likeness (QED) is 0.515. The van der Waals surface area contributed by atoms with E-state index in [1.54, 1.807) is 17.1 Å². The number of carbonyl (C=O) groups excluding carboxylic acids is 1. The molecule has 0 unspecified atom stereocenters. The number of fused-ring (bicyclic) bond motifs is 1. The van der Waals surface area contributed by atoms with Crippen LogP contribution >= 0.6 is 0 Å². The third-order valence-electron chi connectivity index (χ3n) is 5.61. The topological polar surface area (TPSA) is 64.2 Å². The Hall–Kier alpha value is -3.67. The van der Waals surface area contributed by atoms with Gasteiger partial charge in [0.2, 0.25) is 5.91 Å². The molecule has 3 heterocycles. The number of nitrogens with zero attached hydrogens (tertiary/aromatic N) is 4. The molecular weight excluding hydrogens is 376 g/mol. The van der Waals surface area contributed by atoms with Crippen molar-refractivity contribution >= 4 is 5.91 Å². The highest BCUT2D eigenvalue weighted by Gasteiger charge is 2.31. The van der Waals surface area contributed by atoms with Crippen molar-refractivity contribution in [1.29, 1.82) is 0 Å². The fraction of sp³-hybridized carbons (Fsp3) is 0.208. The van der Waals surface area contributed by atoms with Crippen LogP contribution in [0.1, 0.15) is 34.1 Å². The minimum absolute atomic E-state index is 0.0407. The molecule has 2 aromatic heterocycles. The van der Waals surface area contributed by atoms with Crippen LogP contribution < -0.4 is 0 Å². The second-order valence-corrected chi connectivity index (χ2v) is 7.49. The van der Waals surface area contributed by atoms with E-state index in [2.05, 4.69) is 34.5 Å². The first-order chi connectivity index (χ1) is 14.8. The van der Waals surface area contributed by atoms with Crippen LogP contribution in [0.3, 0.4) is 0 Å². The second-order valence-electron chi connectivity index (χ2n) is 7.49. The average Bonchev–Trinajstić information content (AvgIpc) is 3.45. The number of carbonyl (C=O) groups is 1. The van der Waals surface area contributed by atoms with Crippen molar-refractivity contribution in [2.75, 3.05) is 6.54 Å². The molecule has 5 rings (SSSR count). The number of aromatic nitrogens is 3. The number of hydrogen-bond donors (Lipinski definition) is 0. The molecule has 1 amide bonds. The Kier molecular flexibility index (Phi) is 4.89. The zero-order chi connectivity index (χ0) is 20.3. The SMILES string of the molecule is O=C(Cn1cccn1)N1CCc2onc(C(c3ccccc3)c3ccccc3)c2C1. The smallest absolute Gasteiger partial charge is 0.244 e. The number of rotatable bonds is 5. The molecule has 0 saturated carbocycles. The van der Waals surface area contributed by atoms with E-state index in [4.69, 9.17) is 4.52 Å². The molecule has 0 spiro atoms. The molecule has 4 aromatic rings. The van der Waals surface area contributed by atoms with E-state index in [1.165, 1.54) is 0 Å². The van der Waals surface area contributed by atoms with Gasteiger partial charge in [0.15, 0.2) is 0 Å². The van der Waals surface area contributed by atoms with Gasteiger partial charge in [0.25, 0.3) is 0 Å². The predicted molar refractivity (Wildman–Crippen MR) is 112 cm³/mol. The van der Waals surface area contributed by atoms with Gasteiger partial charge in [-0.05, 0) is 17.2 Å². The van der Waals surface area contributed by atoms with Crippen molar-refractivity contribution in [3.8, 4) is 0 Å². The van der Waals surface area contributed by atoms with Crippen LogP contribution in [-0.2, 0) is 24.3 Å². The van der Waals surface area contributed by atoms with E-state index in [1.807, 2.05) is 47.4 Å². The standard InChI is InChI=1S/C24H22N4O2/c29-22(17-28-14-7-13-25-28)27-15-12-21-20(16-27)24(26-30-21)23(18-8-3-1-4-9-18)19-10-5-2-6-11-19/h1-11,13-14,23H,12,15-17H2. The highest BCUT2D eigenvalue weighted by molar-refractivity contribution is 5.76. The van der Waals surface area contributed by atoms with Gasteiger partial charge >= 0.3 is 0 Å². The molecule has 6 heteroatoms. The number of hydrogen-bond acceptors (Lipinski definition) is 4. The van der Waals surface area contributed by atoms with Crippen molar-refractivity contribution in [3.63, 3.8) is 0 Å². The summed E-state index contributed by atoms with van der Waals surface area (Å²) in [4.78, 5) is 14.7. The summed E-state index contributed by atoms with van der Waals surface area (Å²) in [5, 5.41) is 8.64. The largest absolute Gasteiger partial charge is 0.361 e. The van der Waals surface area contributed by atoms with E-state index < -0.39 is 0 Å². The fourth-order valence-electron chi connectivity index (χ4n) is 4.10. The predicted octanol–water partition coefficient (Wildman–Crippen LogP) is 3.64. The molecule has 0 N–H and O–H groups in total. The first-order valence-electron chi connectivity index (χ1n) is 10.1. The molecular formula is C24H22N4O2. The Morgan fingerprint density at radius 1 is 1.00 bits per heavy atom. The van der Waals surface area contributed by atoms with Gasteiger partial charge in [-0.1, -0.05) is 65.8 Å². The summed E-state index contributed by atoms with van der Waals surface area (Å²) in [6.07, 6.45) is 4.16. The summed E-state index contributed by atoms with van der Waals surface area (Å²) in [7, 11) is 0. The molecule has 1 aliphatic rings. The normalized spacial score (nSPS) is 13.4. The second kappa shape index (κ2) is 7.99. The van der Waals surface area contributed by atoms with Gasteiger partial charge in [0.1, 0.15) is 18.0 Å². The first-order valence-corrected chi connectivity index (χ1v) is 10.1. The van der Waals surface area contributed by atoms with Crippen LogP contribution in [0, 0.1) is 0 Å². The number of benzene rings is 2. The van der Waals surface area contributed by atoms with E-state index in [9.17, 15) is 4.79 Å². The van der Waals surface area contributed by atoms with Crippen LogP contribution in [0.25, 0.3) is 0 Å². The highest BCUT2D eigenvalue weighted by atomic mass is 16.5. The van der Waals surface area contributed by atoms with Crippen molar-refractivity contribution < 1.29 is 9.32 Å². The van der Waals surface area contributed by atoms with E-state index in [0.717, 1.165) is 28.1 Å². The zero-order valence-electron chi connectivity index (χ0n) is 16.5. The lowest BCUT2D eigenvalue weighted by molar-refractivity contribution is -0.133. The molecule has 0 bridgehead atoms. The fourth-order valence-corrected chi connectivity index (χ4v) is 4.10. The first kappa shape index (κ1) is 18.4. The summed E-state index contributed by atoms with van der Waals surface area (Å²) in [6, 6.07) is 22.5. The van der Waals surface area contributed by atoms with Gasteiger partial charge in [-0.25, -0.2) is 0 Å². The van der Waals surface area contributed by atoms with Crippen molar-refractivity contribution in [1.82, 2.24) is 19.8 Å². The Morgan fingerprint density at radius 2 is 1.70 bits per heavy atom. The molecule has 0 fully saturated rings. The molecule has 0 saturated heterocycles. The third-order valence-corrected chi connectivity index (χ3v) is 5.61. The molecule has 2 aromatic carbocycles. The van der Waals surface area contributed by atoms with Gasteiger partial charge in [-0.3, -0.25) is 9.48 Å². The maximum Gasteiger partial charge on any atom is 0.244 e. The van der Waals surface area contributed by atoms with Gasteiger partial charge in [0.05, 0.1) is 12.5 Å². The molecule has 0 atom stereocenters. The Morgan fingerprint density at radius 3 is 2.33 bits per heavy atom. The molecule has 30 heavy (non-hydrogen) atoms. The molecule has 150 valence electrons. The molecule has 6 nitrogen and oxygen atoms in total. The Balaban J connectivity index is 1.48. The Labute approximate surface area is 174 Å². The van der Waals surface area contributed by atoms with Gasteiger partial charge in [-0.15, -0.1) is 0 Å². The lowest BCUT2D eigenvalue weighted by atomic mass is 9.85. The molecule has 0 radical (unpaired) electrons. The lowest BCUT2D eigenvalue weighted by Gasteiger charge is -2.27. The van der Waals surface area contributed by atoms with Gasteiger partial charge in [0, 0.05) is 30.9 Å². The maximum absolute atomic E-state index is 12.8. The van der Waals surface area contributed by atoms with Crippen molar-refractivity contribution in [2.24, 2.45) is 0 Å². The van der Waals surface area contributed by atoms with Gasteiger partial charge < -0.3 is 9.42 Å². The molecule has 1 aliphatic heterocycles. The summed E-state index contributed by atoms with van der Waals surface area (Å²) in [6.45, 7) is 1.37. The summed E-state index contributed by atoms with van der Waals surface area (Å²) in [5.74, 6) is 0.888. The Bertz CT molecular complexity index is 1080. The van der Waals surface area contributed by atoms with Crippen molar-refractivity contribution in [3.05, 3.63) is 107 Å². The van der Waals surface area contributed by atoms with Crippen LogP contribution in [0.2, 0.25) is 0 Å². The van der Waals surface area contributed by atoms with Gasteiger partial charge in [-0.2, -0.15) is 5.10 Å². The van der Waals surface area contributed by atoms with E-state index in [0.29, 0.717) is 19.5 Å². The van der Waals surface area contributed by atoms with E-state index in [-0.39, 0.29) is 18.4 Å². The molecule has 0 aliphatic carbocycles. The monoisotopic (exact) mass is 398 g/mol. The minimum atomic E-state index is -0.0407. The minimum Gasteiger partial charge on any atom is -0.361 e. The van der Waals surface area contributed by atoms with Crippen molar-refractivity contribution in [2.45, 2.75) is 25.4 Å². The zero-order valence-corrected chi connectivity index (χ0v) is 16.5.